The van der Waals surface area contributed by atoms with E-state index in [9.17, 15) is 15.3 Å². The fourth-order valence-corrected chi connectivity index (χ4v) is 2.31. The molecule has 0 spiro atoms. The molecule has 1 saturated heterocycles. The summed E-state index contributed by atoms with van der Waals surface area (Å²) >= 11 is 0. The Labute approximate surface area is 128 Å². The van der Waals surface area contributed by atoms with Crippen LogP contribution in [0.3, 0.4) is 0 Å². The Morgan fingerprint density at radius 1 is 1.32 bits per heavy atom. The number of aliphatic hydroxyl groups excluding tert-OH is 4. The van der Waals surface area contributed by atoms with Crippen molar-refractivity contribution in [2.75, 3.05) is 6.61 Å². The van der Waals surface area contributed by atoms with Gasteiger partial charge in [-0.1, -0.05) is 19.1 Å². The van der Waals surface area contributed by atoms with Crippen molar-refractivity contribution in [3.05, 3.63) is 11.9 Å². The van der Waals surface area contributed by atoms with Crippen molar-refractivity contribution in [2.45, 2.75) is 57.7 Å². The molecule has 4 N–H and O–H groups in total. The van der Waals surface area contributed by atoms with Crippen LogP contribution in [0.25, 0.3) is 0 Å². The summed E-state index contributed by atoms with van der Waals surface area (Å²) in [5.41, 5.74) is 0.543. The smallest absolute Gasteiger partial charge is 0.184 e. The molecule has 2 heterocycles. The first-order chi connectivity index (χ1) is 10.4. The van der Waals surface area contributed by atoms with Crippen molar-refractivity contribution in [2.24, 2.45) is 5.92 Å². The molecule has 1 fully saturated rings. The van der Waals surface area contributed by atoms with Gasteiger partial charge in [-0.2, -0.15) is 0 Å². The van der Waals surface area contributed by atoms with Crippen LogP contribution in [0.1, 0.15) is 19.5 Å². The number of aromatic nitrogens is 3. The van der Waals surface area contributed by atoms with Gasteiger partial charge in [0.15, 0.2) is 6.29 Å². The second kappa shape index (κ2) is 7.44. The average Bonchev–Trinajstić information content (AvgIpc) is 2.89. The number of rotatable bonds is 6. The number of aliphatic hydroxyl groups is 4. The molecule has 126 valence electrons. The van der Waals surface area contributed by atoms with Gasteiger partial charge in [0, 0.05) is 6.54 Å². The van der Waals surface area contributed by atoms with Crippen LogP contribution < -0.4 is 0 Å². The molecule has 0 aliphatic carbocycles. The third kappa shape index (κ3) is 4.00. The van der Waals surface area contributed by atoms with Crippen molar-refractivity contribution < 1.29 is 29.9 Å². The predicted molar refractivity (Wildman–Crippen MR) is 73.4 cm³/mol. The van der Waals surface area contributed by atoms with E-state index in [1.54, 1.807) is 10.9 Å². The second-order valence-electron chi connectivity index (χ2n) is 5.83. The van der Waals surface area contributed by atoms with Crippen LogP contribution in [-0.4, -0.2) is 72.7 Å². The summed E-state index contributed by atoms with van der Waals surface area (Å²) in [6, 6.07) is 0. The lowest BCUT2D eigenvalue weighted by Crippen LogP contribution is -2.59. The maximum atomic E-state index is 10.00. The lowest BCUT2D eigenvalue weighted by molar-refractivity contribution is -0.296. The Kier molecular flexibility index (Phi) is 5.84. The monoisotopic (exact) mass is 317 g/mol. The molecule has 1 aromatic heterocycles. The predicted octanol–water partition coefficient (Wildman–Crippen LogP) is -1.75. The summed E-state index contributed by atoms with van der Waals surface area (Å²) in [5, 5.41) is 46.4. The van der Waals surface area contributed by atoms with Crippen LogP contribution in [0.4, 0.5) is 0 Å². The van der Waals surface area contributed by atoms with E-state index in [2.05, 4.69) is 24.2 Å². The highest BCUT2D eigenvalue weighted by atomic mass is 16.6. The van der Waals surface area contributed by atoms with Gasteiger partial charge in [0.05, 0.1) is 19.4 Å². The zero-order valence-electron chi connectivity index (χ0n) is 12.6. The topological polar surface area (TPSA) is 130 Å². The average molecular weight is 317 g/mol. The molecule has 1 aromatic rings. The summed E-state index contributed by atoms with van der Waals surface area (Å²) < 4.78 is 12.0. The minimum Gasteiger partial charge on any atom is -0.394 e. The van der Waals surface area contributed by atoms with E-state index < -0.39 is 37.3 Å². The molecule has 9 heteroatoms. The van der Waals surface area contributed by atoms with E-state index in [-0.39, 0.29) is 6.61 Å². The molecule has 0 aromatic carbocycles. The lowest BCUT2D eigenvalue weighted by atomic mass is 9.99. The van der Waals surface area contributed by atoms with E-state index >= 15 is 0 Å². The Morgan fingerprint density at radius 2 is 2.05 bits per heavy atom. The molecule has 9 nitrogen and oxygen atoms in total. The Bertz CT molecular complexity index is 468. The van der Waals surface area contributed by atoms with Crippen LogP contribution in [0.15, 0.2) is 6.20 Å². The first-order valence-electron chi connectivity index (χ1n) is 7.23. The normalized spacial score (nSPS) is 32.6. The minimum absolute atomic E-state index is 0.0156. The fraction of sp³-hybridized carbons (Fsp3) is 0.846. The highest BCUT2D eigenvalue weighted by Crippen LogP contribution is 2.23. The van der Waals surface area contributed by atoms with Crippen molar-refractivity contribution >= 4 is 0 Å². The first-order valence-corrected chi connectivity index (χ1v) is 7.23. The maximum absolute atomic E-state index is 10.00. The highest BCUT2D eigenvalue weighted by Gasteiger charge is 2.44. The molecular weight excluding hydrogens is 294 g/mol. The van der Waals surface area contributed by atoms with E-state index in [1.807, 2.05) is 0 Å². The van der Waals surface area contributed by atoms with Gasteiger partial charge < -0.3 is 29.9 Å². The number of nitrogens with zero attached hydrogens (tertiary/aromatic N) is 3. The standard InChI is InChI=1S/C13H23N3O6/c1-7(2)3-16-4-8(14-15-16)6-21-12-10(18)9(5-17)22-13(20)11(12)19/h4,7,9-13,17-20H,3,5-6H2,1-2H3. The van der Waals surface area contributed by atoms with Crippen LogP contribution in [0.2, 0.25) is 0 Å². The lowest BCUT2D eigenvalue weighted by Gasteiger charge is -2.39. The van der Waals surface area contributed by atoms with Crippen molar-refractivity contribution in [3.8, 4) is 0 Å². The van der Waals surface area contributed by atoms with Gasteiger partial charge in [-0.05, 0) is 5.92 Å². The molecule has 0 radical (unpaired) electrons. The molecule has 1 aliphatic heterocycles. The maximum Gasteiger partial charge on any atom is 0.184 e. The zero-order chi connectivity index (χ0) is 16.3. The summed E-state index contributed by atoms with van der Waals surface area (Å²) in [5.74, 6) is 0.426. The van der Waals surface area contributed by atoms with Crippen molar-refractivity contribution in [1.29, 1.82) is 0 Å². The molecular formula is C13H23N3O6. The molecule has 1 aliphatic rings. The summed E-state index contributed by atoms with van der Waals surface area (Å²) in [6.07, 6.45) is -4.58. The third-order valence-corrected chi connectivity index (χ3v) is 3.40. The summed E-state index contributed by atoms with van der Waals surface area (Å²) in [7, 11) is 0. The van der Waals surface area contributed by atoms with Gasteiger partial charge >= 0.3 is 0 Å². The van der Waals surface area contributed by atoms with Crippen molar-refractivity contribution in [3.63, 3.8) is 0 Å². The first kappa shape index (κ1) is 17.3. The minimum atomic E-state index is -1.53. The summed E-state index contributed by atoms with van der Waals surface area (Å²) in [6.45, 7) is 4.37. The number of ether oxygens (including phenoxy) is 2. The molecule has 0 amide bonds. The molecule has 2 rings (SSSR count). The van der Waals surface area contributed by atoms with Gasteiger partial charge in [-0.25, -0.2) is 0 Å². The van der Waals surface area contributed by atoms with E-state index in [0.717, 1.165) is 6.54 Å². The zero-order valence-corrected chi connectivity index (χ0v) is 12.6. The van der Waals surface area contributed by atoms with E-state index in [4.69, 9.17) is 14.6 Å². The molecule has 0 bridgehead atoms. The Hall–Kier alpha value is -1.10. The van der Waals surface area contributed by atoms with Crippen molar-refractivity contribution in [1.82, 2.24) is 15.0 Å². The number of hydrogen-bond acceptors (Lipinski definition) is 8. The summed E-state index contributed by atoms with van der Waals surface area (Å²) in [4.78, 5) is 0. The third-order valence-electron chi connectivity index (χ3n) is 3.40. The highest BCUT2D eigenvalue weighted by molar-refractivity contribution is 4.93. The largest absolute Gasteiger partial charge is 0.394 e. The van der Waals surface area contributed by atoms with Crippen LogP contribution in [0, 0.1) is 5.92 Å². The second-order valence-corrected chi connectivity index (χ2v) is 5.83. The van der Waals surface area contributed by atoms with Crippen LogP contribution in [-0.2, 0) is 22.6 Å². The SMILES string of the molecule is CC(C)Cn1cc(COC2C(O)C(O)OC(CO)C2O)nn1. The van der Waals surface area contributed by atoms with Crippen LogP contribution >= 0.6 is 0 Å². The quantitative estimate of drug-likeness (QED) is 0.486. The molecule has 5 unspecified atom stereocenters. The van der Waals surface area contributed by atoms with Gasteiger partial charge in [-0.3, -0.25) is 4.68 Å². The van der Waals surface area contributed by atoms with Gasteiger partial charge in [0.1, 0.15) is 30.1 Å². The number of hydrogen-bond donors (Lipinski definition) is 4. The van der Waals surface area contributed by atoms with E-state index in [1.165, 1.54) is 0 Å². The fourth-order valence-electron chi connectivity index (χ4n) is 2.31. The van der Waals surface area contributed by atoms with Gasteiger partial charge in [0.25, 0.3) is 0 Å². The van der Waals surface area contributed by atoms with Crippen LogP contribution in [0.5, 0.6) is 0 Å². The van der Waals surface area contributed by atoms with Gasteiger partial charge in [-0.15, -0.1) is 5.10 Å². The Morgan fingerprint density at radius 3 is 2.68 bits per heavy atom. The molecule has 5 atom stereocenters. The molecule has 22 heavy (non-hydrogen) atoms. The molecule has 0 saturated carbocycles. The Balaban J connectivity index is 1.95. The van der Waals surface area contributed by atoms with Gasteiger partial charge in [0.2, 0.25) is 0 Å². The van der Waals surface area contributed by atoms with E-state index in [0.29, 0.717) is 11.6 Å².